The summed E-state index contributed by atoms with van der Waals surface area (Å²) in [5.41, 5.74) is 3.70. The van der Waals surface area contributed by atoms with E-state index in [9.17, 15) is 0 Å². The zero-order valence-electron chi connectivity index (χ0n) is 13.5. The summed E-state index contributed by atoms with van der Waals surface area (Å²) in [6, 6.07) is 19.2. The molecular formula is C19H22N4. The first-order valence-corrected chi connectivity index (χ1v) is 8.12. The number of aromatic nitrogens is 3. The Morgan fingerprint density at radius 3 is 2.35 bits per heavy atom. The Morgan fingerprint density at radius 1 is 0.957 bits per heavy atom. The molecule has 0 aliphatic rings. The predicted molar refractivity (Wildman–Crippen MR) is 93.7 cm³/mol. The molecule has 2 aromatic carbocycles. The van der Waals surface area contributed by atoms with Gasteiger partial charge in [0.05, 0.1) is 6.20 Å². The Kier molecular flexibility index (Phi) is 5.04. The normalized spacial score (nSPS) is 10.7. The van der Waals surface area contributed by atoms with Gasteiger partial charge in [0.15, 0.2) is 0 Å². The number of benzene rings is 2. The largest absolute Gasteiger partial charge is 0.321 e. The van der Waals surface area contributed by atoms with Crippen molar-refractivity contribution >= 4 is 11.4 Å². The maximum absolute atomic E-state index is 4.09. The van der Waals surface area contributed by atoms with E-state index in [1.54, 1.807) is 6.20 Å². The molecule has 4 nitrogen and oxygen atoms in total. The number of unbranched alkanes of at least 4 members (excludes halogenated alkanes) is 1. The van der Waals surface area contributed by atoms with Gasteiger partial charge in [-0.1, -0.05) is 48.9 Å². The lowest BCUT2D eigenvalue weighted by atomic mass is 10.1. The highest BCUT2D eigenvalue weighted by Crippen LogP contribution is 2.26. The quantitative estimate of drug-likeness (QED) is 0.648. The van der Waals surface area contributed by atoms with Gasteiger partial charge in [-0.05, 0) is 42.7 Å². The Bertz CT molecular complexity index is 690. The van der Waals surface area contributed by atoms with Gasteiger partial charge >= 0.3 is 0 Å². The second kappa shape index (κ2) is 7.58. The summed E-state index contributed by atoms with van der Waals surface area (Å²) in [4.78, 5) is 2.23. The number of anilines is 2. The molecule has 0 saturated carbocycles. The molecule has 0 fully saturated rings. The molecule has 3 rings (SSSR count). The van der Waals surface area contributed by atoms with Crippen LogP contribution in [0.3, 0.4) is 0 Å². The van der Waals surface area contributed by atoms with Crippen LogP contribution in [0.15, 0.2) is 67.0 Å². The topological polar surface area (TPSA) is 34.0 Å². The monoisotopic (exact) mass is 306 g/mol. The average molecular weight is 306 g/mol. The third kappa shape index (κ3) is 3.97. The van der Waals surface area contributed by atoms with Crippen molar-refractivity contribution in [1.29, 1.82) is 0 Å². The summed E-state index contributed by atoms with van der Waals surface area (Å²) in [7, 11) is 0. The van der Waals surface area contributed by atoms with Crippen LogP contribution in [-0.4, -0.2) is 15.0 Å². The standard InChI is InChI=1S/C19H22N4/c1-2-3-7-17-10-12-19(13-11-17)23(16-22-15-14-20-21-22)18-8-5-4-6-9-18/h4-6,8-15H,2-3,7,16H2,1H3. The molecule has 1 aromatic heterocycles. The van der Waals surface area contributed by atoms with Gasteiger partial charge in [-0.25, -0.2) is 4.68 Å². The highest BCUT2D eigenvalue weighted by Gasteiger charge is 2.10. The third-order valence-electron chi connectivity index (χ3n) is 3.89. The molecule has 0 aliphatic carbocycles. The Labute approximate surface area is 137 Å². The number of hydrogen-bond donors (Lipinski definition) is 0. The first kappa shape index (κ1) is 15.3. The zero-order chi connectivity index (χ0) is 15.9. The van der Waals surface area contributed by atoms with Gasteiger partial charge in [-0.2, -0.15) is 0 Å². The molecular weight excluding hydrogens is 284 g/mol. The summed E-state index contributed by atoms with van der Waals surface area (Å²) in [6.07, 6.45) is 7.19. The number of hydrogen-bond acceptors (Lipinski definition) is 3. The van der Waals surface area contributed by atoms with Gasteiger partial charge in [-0.3, -0.25) is 0 Å². The van der Waals surface area contributed by atoms with E-state index >= 15 is 0 Å². The summed E-state index contributed by atoms with van der Waals surface area (Å²) in [5, 5.41) is 7.99. The van der Waals surface area contributed by atoms with E-state index in [2.05, 4.69) is 70.7 Å². The van der Waals surface area contributed by atoms with E-state index in [0.717, 1.165) is 17.8 Å². The maximum atomic E-state index is 4.09. The predicted octanol–water partition coefficient (Wildman–Crippen LogP) is 4.42. The van der Waals surface area contributed by atoms with Crippen molar-refractivity contribution in [2.24, 2.45) is 0 Å². The van der Waals surface area contributed by atoms with E-state index < -0.39 is 0 Å². The summed E-state index contributed by atoms with van der Waals surface area (Å²) < 4.78 is 1.83. The summed E-state index contributed by atoms with van der Waals surface area (Å²) in [6.45, 7) is 2.86. The second-order valence-electron chi connectivity index (χ2n) is 5.62. The van der Waals surface area contributed by atoms with E-state index in [1.165, 1.54) is 18.4 Å². The van der Waals surface area contributed by atoms with Crippen LogP contribution in [0, 0.1) is 0 Å². The van der Waals surface area contributed by atoms with Gasteiger partial charge in [-0.15, -0.1) is 5.10 Å². The van der Waals surface area contributed by atoms with Crippen molar-refractivity contribution in [3.63, 3.8) is 0 Å². The number of aryl methyl sites for hydroxylation is 1. The van der Waals surface area contributed by atoms with E-state index in [0.29, 0.717) is 6.67 Å². The fraction of sp³-hybridized carbons (Fsp3) is 0.263. The molecule has 0 unspecified atom stereocenters. The van der Waals surface area contributed by atoms with Crippen LogP contribution < -0.4 is 4.90 Å². The molecule has 0 N–H and O–H groups in total. The van der Waals surface area contributed by atoms with Crippen LogP contribution in [0.25, 0.3) is 0 Å². The first-order chi connectivity index (χ1) is 11.4. The van der Waals surface area contributed by atoms with Gasteiger partial charge in [0.25, 0.3) is 0 Å². The lowest BCUT2D eigenvalue weighted by Crippen LogP contribution is -2.21. The Morgan fingerprint density at radius 2 is 1.70 bits per heavy atom. The van der Waals surface area contributed by atoms with E-state index in [4.69, 9.17) is 0 Å². The molecule has 1 heterocycles. The molecule has 0 spiro atoms. The van der Waals surface area contributed by atoms with Crippen molar-refractivity contribution in [3.8, 4) is 0 Å². The minimum Gasteiger partial charge on any atom is -0.321 e. The maximum Gasteiger partial charge on any atom is 0.118 e. The Hall–Kier alpha value is -2.62. The lowest BCUT2D eigenvalue weighted by Gasteiger charge is -2.25. The number of para-hydroxylation sites is 1. The molecule has 0 aliphatic heterocycles. The molecule has 3 aromatic rings. The number of nitrogens with zero attached hydrogens (tertiary/aromatic N) is 4. The Balaban J connectivity index is 1.85. The first-order valence-electron chi connectivity index (χ1n) is 8.12. The molecule has 0 atom stereocenters. The van der Waals surface area contributed by atoms with Gasteiger partial charge in [0.1, 0.15) is 6.67 Å². The van der Waals surface area contributed by atoms with Crippen molar-refractivity contribution in [3.05, 3.63) is 72.6 Å². The summed E-state index contributed by atoms with van der Waals surface area (Å²) in [5.74, 6) is 0. The molecule has 118 valence electrons. The fourth-order valence-electron chi connectivity index (χ4n) is 2.60. The highest BCUT2D eigenvalue weighted by atomic mass is 15.5. The van der Waals surface area contributed by atoms with Gasteiger partial charge in [0, 0.05) is 17.6 Å². The van der Waals surface area contributed by atoms with Crippen molar-refractivity contribution < 1.29 is 0 Å². The molecule has 0 radical (unpaired) electrons. The molecule has 0 saturated heterocycles. The fourth-order valence-corrected chi connectivity index (χ4v) is 2.60. The van der Waals surface area contributed by atoms with Crippen LogP contribution in [0.5, 0.6) is 0 Å². The van der Waals surface area contributed by atoms with E-state index in [-0.39, 0.29) is 0 Å². The molecule has 0 amide bonds. The second-order valence-corrected chi connectivity index (χ2v) is 5.62. The van der Waals surface area contributed by atoms with Crippen LogP contribution >= 0.6 is 0 Å². The minimum absolute atomic E-state index is 0.637. The summed E-state index contributed by atoms with van der Waals surface area (Å²) >= 11 is 0. The molecule has 0 bridgehead atoms. The molecule has 4 heteroatoms. The third-order valence-corrected chi connectivity index (χ3v) is 3.89. The SMILES string of the molecule is CCCCc1ccc(N(Cn2ccnn2)c2ccccc2)cc1. The number of rotatable bonds is 7. The zero-order valence-corrected chi connectivity index (χ0v) is 13.5. The highest BCUT2D eigenvalue weighted by molar-refractivity contribution is 5.62. The average Bonchev–Trinajstić information content (AvgIpc) is 3.12. The smallest absolute Gasteiger partial charge is 0.118 e. The van der Waals surface area contributed by atoms with Crippen LogP contribution in [0.4, 0.5) is 11.4 Å². The van der Waals surface area contributed by atoms with Gasteiger partial charge in [0.2, 0.25) is 0 Å². The van der Waals surface area contributed by atoms with E-state index in [1.807, 2.05) is 16.9 Å². The lowest BCUT2D eigenvalue weighted by molar-refractivity contribution is 0.596. The van der Waals surface area contributed by atoms with Crippen LogP contribution in [-0.2, 0) is 13.1 Å². The van der Waals surface area contributed by atoms with Crippen molar-refractivity contribution in [1.82, 2.24) is 15.0 Å². The van der Waals surface area contributed by atoms with Crippen LogP contribution in [0.1, 0.15) is 25.3 Å². The van der Waals surface area contributed by atoms with Crippen molar-refractivity contribution in [2.45, 2.75) is 32.9 Å². The van der Waals surface area contributed by atoms with Crippen LogP contribution in [0.2, 0.25) is 0 Å². The van der Waals surface area contributed by atoms with Crippen molar-refractivity contribution in [2.75, 3.05) is 4.90 Å². The molecule has 23 heavy (non-hydrogen) atoms. The van der Waals surface area contributed by atoms with Gasteiger partial charge < -0.3 is 4.90 Å². The minimum atomic E-state index is 0.637.